The highest BCUT2D eigenvalue weighted by atomic mass is 16.4. The lowest BCUT2D eigenvalue weighted by molar-refractivity contribution is -0.140. The normalized spacial score (nSPS) is 20.6. The number of carbonyl (C=O) groups is 1. The molecule has 1 N–H and O–H groups in total. The van der Waals surface area contributed by atoms with Gasteiger partial charge in [0.05, 0.1) is 5.92 Å². The van der Waals surface area contributed by atoms with Gasteiger partial charge in [-0.15, -0.1) is 0 Å². The molecule has 0 saturated carbocycles. The predicted octanol–water partition coefficient (Wildman–Crippen LogP) is 1.91. The minimum Gasteiger partial charge on any atom is -0.481 e. The Kier molecular flexibility index (Phi) is 2.62. The first-order chi connectivity index (χ1) is 7.16. The second-order valence-electron chi connectivity index (χ2n) is 4.11. The molecule has 3 nitrogen and oxygen atoms in total. The number of hydrogen-bond acceptors (Lipinski definition) is 2. The van der Waals surface area contributed by atoms with Crippen molar-refractivity contribution in [3.63, 3.8) is 0 Å². The Morgan fingerprint density at radius 2 is 2.33 bits per heavy atom. The molecule has 0 bridgehead atoms. The molecule has 1 aromatic rings. The van der Waals surface area contributed by atoms with Crippen LogP contribution in [-0.2, 0) is 4.79 Å². The van der Waals surface area contributed by atoms with Gasteiger partial charge in [-0.1, -0.05) is 12.1 Å². The molecule has 1 atom stereocenters. The number of anilines is 1. The first-order valence-corrected chi connectivity index (χ1v) is 5.21. The molecule has 1 aromatic carbocycles. The van der Waals surface area contributed by atoms with Crippen LogP contribution in [0.25, 0.3) is 0 Å². The van der Waals surface area contributed by atoms with Crippen LogP contribution < -0.4 is 4.90 Å². The fourth-order valence-corrected chi connectivity index (χ4v) is 2.02. The van der Waals surface area contributed by atoms with Crippen LogP contribution in [0.4, 0.5) is 5.69 Å². The molecule has 1 aliphatic rings. The summed E-state index contributed by atoms with van der Waals surface area (Å²) in [4.78, 5) is 13.0. The van der Waals surface area contributed by atoms with Crippen LogP contribution in [0.2, 0.25) is 0 Å². The van der Waals surface area contributed by atoms with Gasteiger partial charge < -0.3 is 10.0 Å². The summed E-state index contributed by atoms with van der Waals surface area (Å²) in [6, 6.07) is 8.20. The highest BCUT2D eigenvalue weighted by molar-refractivity contribution is 5.72. The average Bonchev–Trinajstić information content (AvgIpc) is 2.66. The third-order valence-corrected chi connectivity index (χ3v) is 2.90. The fourth-order valence-electron chi connectivity index (χ4n) is 2.02. The smallest absolute Gasteiger partial charge is 0.308 e. The van der Waals surface area contributed by atoms with Crippen LogP contribution in [0.15, 0.2) is 24.3 Å². The number of carboxylic acids is 1. The van der Waals surface area contributed by atoms with E-state index in [1.807, 2.05) is 25.1 Å². The summed E-state index contributed by atoms with van der Waals surface area (Å²) >= 11 is 0. The van der Waals surface area contributed by atoms with Crippen LogP contribution in [0.1, 0.15) is 12.0 Å². The van der Waals surface area contributed by atoms with Crippen molar-refractivity contribution < 1.29 is 9.90 Å². The van der Waals surface area contributed by atoms with E-state index in [-0.39, 0.29) is 5.92 Å². The third-order valence-electron chi connectivity index (χ3n) is 2.90. The summed E-state index contributed by atoms with van der Waals surface area (Å²) in [7, 11) is 0. The van der Waals surface area contributed by atoms with Crippen LogP contribution in [-0.4, -0.2) is 24.2 Å². The van der Waals surface area contributed by atoms with Gasteiger partial charge in [-0.05, 0) is 31.0 Å². The van der Waals surface area contributed by atoms with Gasteiger partial charge in [0.15, 0.2) is 0 Å². The lowest BCUT2D eigenvalue weighted by Gasteiger charge is -2.18. The molecule has 0 aromatic heterocycles. The number of hydrogen-bond donors (Lipinski definition) is 1. The van der Waals surface area contributed by atoms with Gasteiger partial charge in [-0.3, -0.25) is 4.79 Å². The molecule has 1 aliphatic heterocycles. The minimum absolute atomic E-state index is 0.203. The maximum atomic E-state index is 10.8. The maximum absolute atomic E-state index is 10.8. The number of nitrogens with zero attached hydrogens (tertiary/aromatic N) is 1. The second-order valence-corrected chi connectivity index (χ2v) is 4.11. The summed E-state index contributed by atoms with van der Waals surface area (Å²) in [5, 5.41) is 8.91. The third kappa shape index (κ3) is 2.12. The molecule has 15 heavy (non-hydrogen) atoms. The molecule has 2 rings (SSSR count). The van der Waals surface area contributed by atoms with Crippen LogP contribution in [0, 0.1) is 12.8 Å². The second kappa shape index (κ2) is 3.93. The van der Waals surface area contributed by atoms with Crippen molar-refractivity contribution in [1.82, 2.24) is 0 Å². The largest absolute Gasteiger partial charge is 0.481 e. The molecule has 0 spiro atoms. The fraction of sp³-hybridized carbons (Fsp3) is 0.417. The van der Waals surface area contributed by atoms with E-state index >= 15 is 0 Å². The summed E-state index contributed by atoms with van der Waals surface area (Å²) < 4.78 is 0. The molecular formula is C12H15NO2. The Balaban J connectivity index is 2.11. The molecular weight excluding hydrogens is 190 g/mol. The van der Waals surface area contributed by atoms with Crippen LogP contribution in [0.5, 0.6) is 0 Å². The molecule has 1 fully saturated rings. The highest BCUT2D eigenvalue weighted by Gasteiger charge is 2.27. The monoisotopic (exact) mass is 205 g/mol. The summed E-state index contributed by atoms with van der Waals surface area (Å²) in [5.74, 6) is -0.879. The van der Waals surface area contributed by atoms with Crippen molar-refractivity contribution in [3.8, 4) is 0 Å². The van der Waals surface area contributed by atoms with Crippen molar-refractivity contribution in [1.29, 1.82) is 0 Å². The quantitative estimate of drug-likeness (QED) is 0.801. The Bertz CT molecular complexity index is 376. The van der Waals surface area contributed by atoms with E-state index in [4.69, 9.17) is 5.11 Å². The zero-order chi connectivity index (χ0) is 10.8. The standard InChI is InChI=1S/C12H15NO2/c1-9-3-2-4-11(7-9)13-6-5-10(8-13)12(14)15/h2-4,7,10H,5-6,8H2,1H3,(H,14,15)/t10-/m0/s1. The minimum atomic E-state index is -0.676. The van der Waals surface area contributed by atoms with E-state index in [0.717, 1.165) is 18.7 Å². The Morgan fingerprint density at radius 3 is 2.93 bits per heavy atom. The molecule has 0 radical (unpaired) electrons. The van der Waals surface area contributed by atoms with Gasteiger partial charge in [0.1, 0.15) is 0 Å². The number of rotatable bonds is 2. The Morgan fingerprint density at radius 1 is 1.53 bits per heavy atom. The van der Waals surface area contributed by atoms with Crippen LogP contribution in [0.3, 0.4) is 0 Å². The first-order valence-electron chi connectivity index (χ1n) is 5.21. The van der Waals surface area contributed by atoms with Crippen LogP contribution >= 0.6 is 0 Å². The van der Waals surface area contributed by atoms with E-state index in [1.54, 1.807) is 0 Å². The number of benzene rings is 1. The zero-order valence-corrected chi connectivity index (χ0v) is 8.81. The predicted molar refractivity (Wildman–Crippen MR) is 59.1 cm³/mol. The number of carboxylic acid groups (broad SMARTS) is 1. The summed E-state index contributed by atoms with van der Waals surface area (Å²) in [6.07, 6.45) is 0.753. The van der Waals surface area contributed by atoms with Gasteiger partial charge >= 0.3 is 5.97 Å². The molecule has 0 aliphatic carbocycles. The van der Waals surface area contributed by atoms with Gasteiger partial charge in [0.25, 0.3) is 0 Å². The van der Waals surface area contributed by atoms with E-state index in [2.05, 4.69) is 11.0 Å². The van der Waals surface area contributed by atoms with Crippen molar-refractivity contribution in [2.24, 2.45) is 5.92 Å². The van der Waals surface area contributed by atoms with Gasteiger partial charge in [0.2, 0.25) is 0 Å². The summed E-state index contributed by atoms with van der Waals surface area (Å²) in [6.45, 7) is 3.54. The summed E-state index contributed by atoms with van der Waals surface area (Å²) in [5.41, 5.74) is 2.35. The Labute approximate surface area is 89.3 Å². The van der Waals surface area contributed by atoms with Gasteiger partial charge in [0, 0.05) is 18.8 Å². The van der Waals surface area contributed by atoms with Crippen molar-refractivity contribution in [2.45, 2.75) is 13.3 Å². The van der Waals surface area contributed by atoms with E-state index in [9.17, 15) is 4.79 Å². The average molecular weight is 205 g/mol. The van der Waals surface area contributed by atoms with E-state index < -0.39 is 5.97 Å². The molecule has 1 heterocycles. The molecule has 3 heteroatoms. The van der Waals surface area contributed by atoms with Gasteiger partial charge in [-0.2, -0.15) is 0 Å². The van der Waals surface area contributed by atoms with E-state index in [1.165, 1.54) is 5.56 Å². The highest BCUT2D eigenvalue weighted by Crippen LogP contribution is 2.24. The SMILES string of the molecule is Cc1cccc(N2CC[C@H](C(=O)O)C2)c1. The zero-order valence-electron chi connectivity index (χ0n) is 8.81. The molecule has 80 valence electrons. The Hall–Kier alpha value is -1.51. The maximum Gasteiger partial charge on any atom is 0.308 e. The lowest BCUT2D eigenvalue weighted by atomic mass is 10.1. The van der Waals surface area contributed by atoms with Gasteiger partial charge in [-0.25, -0.2) is 0 Å². The number of aryl methyl sites for hydroxylation is 1. The van der Waals surface area contributed by atoms with Crippen molar-refractivity contribution in [3.05, 3.63) is 29.8 Å². The van der Waals surface area contributed by atoms with Crippen molar-refractivity contribution >= 4 is 11.7 Å². The van der Waals surface area contributed by atoms with E-state index in [0.29, 0.717) is 6.54 Å². The molecule has 0 amide bonds. The topological polar surface area (TPSA) is 40.5 Å². The first kappa shape index (κ1) is 10.0. The molecule has 0 unspecified atom stereocenters. The molecule has 1 saturated heterocycles. The number of aliphatic carboxylic acids is 1. The van der Waals surface area contributed by atoms with Crippen molar-refractivity contribution in [2.75, 3.05) is 18.0 Å². The lowest BCUT2D eigenvalue weighted by Crippen LogP contribution is -2.22.